The fourth-order valence-electron chi connectivity index (χ4n) is 0.941. The van der Waals surface area contributed by atoms with Crippen molar-refractivity contribution in [2.75, 3.05) is 6.54 Å². The molecule has 1 rings (SSSR count). The lowest BCUT2D eigenvalue weighted by Gasteiger charge is -2.11. The number of carbonyl (C=O) groups excluding carboxylic acids is 1. The average Bonchev–Trinajstić information content (AvgIpc) is 2.68. The van der Waals surface area contributed by atoms with Gasteiger partial charge in [-0.05, 0) is 19.3 Å². The summed E-state index contributed by atoms with van der Waals surface area (Å²) >= 11 is 0. The third-order valence-electron chi connectivity index (χ3n) is 2.16. The van der Waals surface area contributed by atoms with Crippen LogP contribution in [0.2, 0.25) is 0 Å². The Balaban J connectivity index is 2.11. The summed E-state index contributed by atoms with van der Waals surface area (Å²) in [6, 6.07) is 0. The Labute approximate surface area is 74.0 Å². The molecule has 0 bridgehead atoms. The summed E-state index contributed by atoms with van der Waals surface area (Å²) < 4.78 is 0. The maximum Gasteiger partial charge on any atom is 0.233 e. The van der Waals surface area contributed by atoms with Crippen molar-refractivity contribution in [2.45, 2.75) is 27.2 Å². The molecule has 68 valence electrons. The zero-order chi connectivity index (χ0) is 9.19. The monoisotopic (exact) mass is 167 g/mol. The summed E-state index contributed by atoms with van der Waals surface area (Å²) in [5.74, 6) is 0.799. The van der Waals surface area contributed by atoms with Crippen molar-refractivity contribution >= 4 is 5.91 Å². The second-order valence-electron chi connectivity index (χ2n) is 4.05. The molecule has 1 N–H and O–H groups in total. The molecule has 0 atom stereocenters. The Morgan fingerprint density at radius 2 is 2.08 bits per heavy atom. The highest BCUT2D eigenvalue weighted by Crippen LogP contribution is 2.33. The van der Waals surface area contributed by atoms with Crippen LogP contribution in [0, 0.1) is 11.3 Å². The molecule has 1 aliphatic rings. The van der Waals surface area contributed by atoms with Crippen LogP contribution in [0.25, 0.3) is 0 Å². The van der Waals surface area contributed by atoms with Gasteiger partial charge in [0.2, 0.25) is 5.91 Å². The first kappa shape index (κ1) is 9.30. The minimum absolute atomic E-state index is 0.142. The smallest absolute Gasteiger partial charge is 0.233 e. The maximum atomic E-state index is 11.3. The minimum Gasteiger partial charge on any atom is -0.355 e. The van der Waals surface area contributed by atoms with Crippen molar-refractivity contribution in [3.63, 3.8) is 0 Å². The van der Waals surface area contributed by atoms with Crippen molar-refractivity contribution in [3.05, 3.63) is 12.2 Å². The molecule has 0 spiro atoms. The van der Waals surface area contributed by atoms with Gasteiger partial charge in [-0.3, -0.25) is 4.79 Å². The number of hydrogen-bond acceptors (Lipinski definition) is 1. The number of carbonyl (C=O) groups is 1. The van der Waals surface area contributed by atoms with Crippen LogP contribution in [0.3, 0.4) is 0 Å². The second-order valence-corrected chi connectivity index (χ2v) is 4.05. The van der Waals surface area contributed by atoms with Gasteiger partial charge in [0.1, 0.15) is 0 Å². The van der Waals surface area contributed by atoms with Crippen LogP contribution < -0.4 is 5.32 Å². The maximum absolute atomic E-state index is 11.3. The normalized spacial score (nSPS) is 18.0. The quantitative estimate of drug-likeness (QED) is 0.635. The highest BCUT2D eigenvalue weighted by atomic mass is 16.2. The lowest BCUT2D eigenvalue weighted by molar-refractivity contribution is -0.124. The minimum atomic E-state index is -0.253. The summed E-state index contributed by atoms with van der Waals surface area (Å²) in [5, 5.41) is 2.92. The van der Waals surface area contributed by atoms with Gasteiger partial charge in [-0.2, -0.15) is 0 Å². The van der Waals surface area contributed by atoms with Gasteiger partial charge < -0.3 is 5.32 Å². The van der Waals surface area contributed by atoms with Gasteiger partial charge in [-0.15, -0.1) is 0 Å². The number of nitrogens with one attached hydrogen (secondary N) is 1. The summed E-state index contributed by atoms with van der Waals surface area (Å²) in [6.07, 6.45) is 4.91. The van der Waals surface area contributed by atoms with E-state index in [1.165, 1.54) is 0 Å². The van der Waals surface area contributed by atoms with Gasteiger partial charge in [0.15, 0.2) is 0 Å². The highest BCUT2D eigenvalue weighted by molar-refractivity contribution is 5.90. The Kier molecular flexibility index (Phi) is 2.55. The molecule has 0 aliphatic heterocycles. The van der Waals surface area contributed by atoms with Crippen molar-refractivity contribution < 1.29 is 4.79 Å². The number of rotatable bonds is 4. The Bertz CT molecular complexity index is 200. The van der Waals surface area contributed by atoms with E-state index in [4.69, 9.17) is 0 Å². The third-order valence-corrected chi connectivity index (χ3v) is 2.16. The molecule has 0 radical (unpaired) electrons. The second kappa shape index (κ2) is 3.30. The summed E-state index contributed by atoms with van der Waals surface area (Å²) in [4.78, 5) is 11.3. The predicted molar refractivity (Wildman–Crippen MR) is 49.7 cm³/mol. The van der Waals surface area contributed by atoms with Crippen LogP contribution >= 0.6 is 0 Å². The first-order valence-corrected chi connectivity index (χ1v) is 4.53. The Morgan fingerprint density at radius 1 is 1.50 bits per heavy atom. The lowest BCUT2D eigenvalue weighted by Crippen LogP contribution is -2.32. The van der Waals surface area contributed by atoms with Crippen molar-refractivity contribution in [1.82, 2.24) is 5.32 Å². The van der Waals surface area contributed by atoms with Gasteiger partial charge in [-0.1, -0.05) is 26.0 Å². The van der Waals surface area contributed by atoms with E-state index in [2.05, 4.69) is 19.2 Å². The molecule has 0 aromatic heterocycles. The lowest BCUT2D eigenvalue weighted by atomic mass is 10.1. The van der Waals surface area contributed by atoms with E-state index in [0.29, 0.717) is 5.92 Å². The van der Waals surface area contributed by atoms with E-state index >= 15 is 0 Å². The zero-order valence-electron chi connectivity index (χ0n) is 8.05. The summed E-state index contributed by atoms with van der Waals surface area (Å²) in [7, 11) is 0. The number of amides is 1. The molecule has 1 amide bonds. The van der Waals surface area contributed by atoms with Crippen LogP contribution in [-0.4, -0.2) is 12.5 Å². The van der Waals surface area contributed by atoms with Gasteiger partial charge in [-0.25, -0.2) is 0 Å². The van der Waals surface area contributed by atoms with Crippen molar-refractivity contribution in [1.29, 1.82) is 0 Å². The molecule has 2 heteroatoms. The van der Waals surface area contributed by atoms with Crippen LogP contribution in [0.5, 0.6) is 0 Å². The predicted octanol–water partition coefficient (Wildman–Crippen LogP) is 1.72. The SMILES string of the molecule is CC(C)CCNC(=O)C1(C)C=C1. The van der Waals surface area contributed by atoms with E-state index in [1.807, 2.05) is 19.1 Å². The van der Waals surface area contributed by atoms with Gasteiger partial charge in [0, 0.05) is 6.54 Å². The van der Waals surface area contributed by atoms with Gasteiger partial charge in [0.05, 0.1) is 5.41 Å². The van der Waals surface area contributed by atoms with E-state index in [0.717, 1.165) is 13.0 Å². The van der Waals surface area contributed by atoms with E-state index < -0.39 is 0 Å². The highest BCUT2D eigenvalue weighted by Gasteiger charge is 2.36. The zero-order valence-corrected chi connectivity index (χ0v) is 8.05. The molecule has 0 heterocycles. The molecule has 1 aliphatic carbocycles. The van der Waals surface area contributed by atoms with Crippen LogP contribution in [0.4, 0.5) is 0 Å². The topological polar surface area (TPSA) is 29.1 Å². The molecular weight excluding hydrogens is 150 g/mol. The largest absolute Gasteiger partial charge is 0.355 e. The van der Waals surface area contributed by atoms with Crippen LogP contribution in [0.15, 0.2) is 12.2 Å². The molecule has 0 fully saturated rings. The first-order chi connectivity index (χ1) is 5.54. The fraction of sp³-hybridized carbons (Fsp3) is 0.700. The van der Waals surface area contributed by atoms with E-state index in [1.54, 1.807) is 0 Å². The van der Waals surface area contributed by atoms with Gasteiger partial charge in [0.25, 0.3) is 0 Å². The molecular formula is C10H17NO. The molecule has 0 aromatic carbocycles. The van der Waals surface area contributed by atoms with E-state index in [9.17, 15) is 4.79 Å². The standard InChI is InChI=1S/C10H17NO/c1-8(2)4-7-11-9(12)10(3)5-6-10/h5-6,8H,4,7H2,1-3H3,(H,11,12). The molecule has 0 unspecified atom stereocenters. The summed E-state index contributed by atoms with van der Waals surface area (Å²) in [5.41, 5.74) is -0.253. The Morgan fingerprint density at radius 3 is 2.50 bits per heavy atom. The van der Waals surface area contributed by atoms with Crippen molar-refractivity contribution in [3.8, 4) is 0 Å². The first-order valence-electron chi connectivity index (χ1n) is 4.53. The van der Waals surface area contributed by atoms with Gasteiger partial charge >= 0.3 is 0 Å². The molecule has 2 nitrogen and oxygen atoms in total. The fourth-order valence-corrected chi connectivity index (χ4v) is 0.941. The average molecular weight is 167 g/mol. The molecule has 0 aromatic rings. The van der Waals surface area contributed by atoms with Crippen LogP contribution in [-0.2, 0) is 4.79 Å². The molecule has 12 heavy (non-hydrogen) atoms. The van der Waals surface area contributed by atoms with Crippen molar-refractivity contribution in [2.24, 2.45) is 11.3 Å². The van der Waals surface area contributed by atoms with E-state index in [-0.39, 0.29) is 11.3 Å². The third kappa shape index (κ3) is 2.36. The molecule has 0 saturated carbocycles. The van der Waals surface area contributed by atoms with Crippen LogP contribution in [0.1, 0.15) is 27.2 Å². The summed E-state index contributed by atoms with van der Waals surface area (Å²) in [6.45, 7) is 7.04. The molecule has 0 saturated heterocycles. The Hall–Kier alpha value is -0.790. The number of hydrogen-bond donors (Lipinski definition) is 1.